The smallest absolute Gasteiger partial charge is 0.334 e. The first kappa shape index (κ1) is 12.7. The highest BCUT2D eigenvalue weighted by molar-refractivity contribution is 5.89. The van der Waals surface area contributed by atoms with Crippen molar-refractivity contribution in [2.24, 2.45) is 0 Å². The van der Waals surface area contributed by atoms with E-state index < -0.39 is 10.9 Å². The Morgan fingerprint density at radius 3 is 2.88 bits per heavy atom. The number of carbonyl (C=O) groups excluding carboxylic acids is 1. The van der Waals surface area contributed by atoms with Crippen LogP contribution in [0.2, 0.25) is 0 Å². The monoisotopic (exact) mass is 237 g/mol. The van der Waals surface area contributed by atoms with Crippen LogP contribution in [0.3, 0.4) is 0 Å². The summed E-state index contributed by atoms with van der Waals surface area (Å²) in [4.78, 5) is 21.0. The largest absolute Gasteiger partial charge is 0.507 e. The minimum absolute atomic E-state index is 0.161. The van der Waals surface area contributed by atoms with Crippen LogP contribution in [0.1, 0.15) is 12.5 Å². The molecule has 0 atom stereocenters. The number of non-ortho nitro benzene ring substituents is 1. The number of benzene rings is 1. The Balaban J connectivity index is 2.96. The van der Waals surface area contributed by atoms with Crippen molar-refractivity contribution >= 4 is 17.4 Å². The summed E-state index contributed by atoms with van der Waals surface area (Å²) in [6.45, 7) is 1.83. The molecule has 0 radical (unpaired) electrons. The summed E-state index contributed by atoms with van der Waals surface area (Å²) in [5.41, 5.74) is 0.0264. The minimum Gasteiger partial charge on any atom is -0.507 e. The highest BCUT2D eigenvalue weighted by Gasteiger charge is 2.09. The molecule has 0 amide bonds. The van der Waals surface area contributed by atoms with Gasteiger partial charge in [0.05, 0.1) is 17.6 Å². The van der Waals surface area contributed by atoms with Crippen LogP contribution in [0.4, 0.5) is 5.69 Å². The molecule has 0 saturated heterocycles. The fourth-order valence-corrected chi connectivity index (χ4v) is 1.16. The zero-order valence-corrected chi connectivity index (χ0v) is 9.12. The molecule has 0 aliphatic carbocycles. The first-order valence-corrected chi connectivity index (χ1v) is 4.87. The van der Waals surface area contributed by atoms with Gasteiger partial charge in [-0.05, 0) is 6.92 Å². The lowest BCUT2D eigenvalue weighted by atomic mass is 10.1. The van der Waals surface area contributed by atoms with Crippen molar-refractivity contribution in [3.8, 4) is 0 Å². The number of ether oxygens (including phenoxy) is 1. The lowest BCUT2D eigenvalue weighted by molar-refractivity contribution is -0.384. The van der Waals surface area contributed by atoms with Crippen LogP contribution in [-0.2, 0) is 9.53 Å². The molecule has 1 aromatic carbocycles. The standard InChI is InChI=1S/C11H11NO5/c1-2-17-11(14)7-10(13)8-4-3-5-9(6-8)12(15)16/h3-7,13H,2H2,1H3. The van der Waals surface area contributed by atoms with Crippen LogP contribution in [-0.4, -0.2) is 22.6 Å². The third-order valence-electron chi connectivity index (χ3n) is 1.89. The molecular formula is C11H11NO5. The summed E-state index contributed by atoms with van der Waals surface area (Å²) >= 11 is 0. The Kier molecular flexibility index (Phi) is 4.21. The van der Waals surface area contributed by atoms with Gasteiger partial charge in [-0.3, -0.25) is 10.1 Å². The molecule has 0 spiro atoms. The molecule has 17 heavy (non-hydrogen) atoms. The van der Waals surface area contributed by atoms with Crippen molar-refractivity contribution in [3.63, 3.8) is 0 Å². The molecule has 0 heterocycles. The average Bonchev–Trinajstić information content (AvgIpc) is 2.29. The maximum absolute atomic E-state index is 11.1. The maximum atomic E-state index is 11.1. The molecule has 0 fully saturated rings. The zero-order valence-electron chi connectivity index (χ0n) is 9.12. The van der Waals surface area contributed by atoms with Crippen LogP contribution in [0.5, 0.6) is 0 Å². The van der Waals surface area contributed by atoms with Gasteiger partial charge in [-0.15, -0.1) is 0 Å². The van der Waals surface area contributed by atoms with E-state index in [1.165, 1.54) is 24.3 Å². The van der Waals surface area contributed by atoms with Gasteiger partial charge in [-0.25, -0.2) is 4.79 Å². The number of rotatable bonds is 4. The van der Waals surface area contributed by atoms with Crippen LogP contribution in [0.15, 0.2) is 30.3 Å². The van der Waals surface area contributed by atoms with E-state index in [1.54, 1.807) is 6.92 Å². The Morgan fingerprint density at radius 1 is 1.59 bits per heavy atom. The molecule has 0 aliphatic heterocycles. The molecule has 1 N–H and O–H groups in total. The topological polar surface area (TPSA) is 89.7 Å². The molecule has 0 bridgehead atoms. The van der Waals surface area contributed by atoms with Crippen molar-refractivity contribution in [3.05, 3.63) is 46.0 Å². The molecule has 6 heteroatoms. The minimum atomic E-state index is -0.698. The van der Waals surface area contributed by atoms with Gasteiger partial charge in [-0.2, -0.15) is 0 Å². The van der Waals surface area contributed by atoms with E-state index in [1.807, 2.05) is 0 Å². The number of aliphatic hydroxyl groups excluding tert-OH is 1. The van der Waals surface area contributed by atoms with Gasteiger partial charge < -0.3 is 9.84 Å². The van der Waals surface area contributed by atoms with E-state index in [2.05, 4.69) is 4.74 Å². The zero-order chi connectivity index (χ0) is 12.8. The number of nitro benzene ring substituents is 1. The first-order valence-electron chi connectivity index (χ1n) is 4.87. The highest BCUT2D eigenvalue weighted by Crippen LogP contribution is 2.18. The summed E-state index contributed by atoms with van der Waals surface area (Å²) in [5.74, 6) is -1.07. The van der Waals surface area contributed by atoms with Gasteiger partial charge in [0, 0.05) is 17.7 Å². The lowest BCUT2D eigenvalue weighted by Gasteiger charge is -2.00. The number of nitrogens with zero attached hydrogens (tertiary/aromatic N) is 1. The van der Waals surface area contributed by atoms with E-state index >= 15 is 0 Å². The summed E-state index contributed by atoms with van der Waals surface area (Å²) < 4.78 is 4.60. The van der Waals surface area contributed by atoms with Crippen molar-refractivity contribution in [1.82, 2.24) is 0 Å². The van der Waals surface area contributed by atoms with Crippen LogP contribution in [0, 0.1) is 10.1 Å². The van der Waals surface area contributed by atoms with Crippen molar-refractivity contribution in [1.29, 1.82) is 0 Å². The predicted octanol–water partition coefficient (Wildman–Crippen LogP) is 2.06. The Bertz CT molecular complexity index is 467. The van der Waals surface area contributed by atoms with Crippen molar-refractivity contribution < 1.29 is 19.6 Å². The van der Waals surface area contributed by atoms with E-state index in [-0.39, 0.29) is 23.6 Å². The Labute approximate surface area is 97.3 Å². The second-order valence-electron chi connectivity index (χ2n) is 3.09. The van der Waals surface area contributed by atoms with Gasteiger partial charge in [-0.1, -0.05) is 12.1 Å². The summed E-state index contributed by atoms with van der Waals surface area (Å²) in [7, 11) is 0. The average molecular weight is 237 g/mol. The number of carbonyl (C=O) groups is 1. The van der Waals surface area contributed by atoms with E-state index in [0.29, 0.717) is 0 Å². The number of aliphatic hydroxyl groups is 1. The van der Waals surface area contributed by atoms with Crippen LogP contribution < -0.4 is 0 Å². The molecular weight excluding hydrogens is 226 g/mol. The Hall–Kier alpha value is -2.37. The summed E-state index contributed by atoms with van der Waals surface area (Å²) in [6.07, 6.45) is 0.878. The number of hydrogen-bond acceptors (Lipinski definition) is 5. The fraction of sp³-hybridized carbons (Fsp3) is 0.182. The molecule has 0 saturated carbocycles. The van der Waals surface area contributed by atoms with E-state index in [9.17, 15) is 20.0 Å². The molecule has 1 aromatic rings. The highest BCUT2D eigenvalue weighted by atomic mass is 16.6. The normalized spacial score (nSPS) is 11.0. The Morgan fingerprint density at radius 2 is 2.29 bits per heavy atom. The maximum Gasteiger partial charge on any atom is 0.334 e. The van der Waals surface area contributed by atoms with Gasteiger partial charge in [0.1, 0.15) is 5.76 Å². The lowest BCUT2D eigenvalue weighted by Crippen LogP contribution is -2.01. The molecule has 0 unspecified atom stereocenters. The molecule has 0 aliphatic rings. The van der Waals surface area contributed by atoms with Gasteiger partial charge in [0.2, 0.25) is 0 Å². The summed E-state index contributed by atoms with van der Waals surface area (Å²) in [5, 5.41) is 20.1. The molecule has 0 aromatic heterocycles. The van der Waals surface area contributed by atoms with Gasteiger partial charge in [0.15, 0.2) is 0 Å². The number of esters is 1. The molecule has 1 rings (SSSR count). The van der Waals surface area contributed by atoms with Crippen LogP contribution in [0.25, 0.3) is 5.76 Å². The first-order chi connectivity index (χ1) is 8.04. The predicted molar refractivity (Wildman–Crippen MR) is 60.3 cm³/mol. The fourth-order valence-electron chi connectivity index (χ4n) is 1.16. The summed E-state index contributed by atoms with van der Waals surface area (Å²) in [6, 6.07) is 5.34. The number of nitro groups is 1. The third kappa shape index (κ3) is 3.60. The molecule has 6 nitrogen and oxygen atoms in total. The molecule has 90 valence electrons. The van der Waals surface area contributed by atoms with E-state index in [0.717, 1.165) is 6.08 Å². The quantitative estimate of drug-likeness (QED) is 0.284. The van der Waals surface area contributed by atoms with Crippen molar-refractivity contribution in [2.45, 2.75) is 6.92 Å². The van der Waals surface area contributed by atoms with Crippen molar-refractivity contribution in [2.75, 3.05) is 6.61 Å². The third-order valence-corrected chi connectivity index (χ3v) is 1.89. The second kappa shape index (κ2) is 5.64. The number of hydrogen-bond donors (Lipinski definition) is 1. The second-order valence-corrected chi connectivity index (χ2v) is 3.09. The van der Waals surface area contributed by atoms with Gasteiger partial charge in [0.25, 0.3) is 5.69 Å². The van der Waals surface area contributed by atoms with E-state index in [4.69, 9.17) is 0 Å². The SMILES string of the molecule is CCOC(=O)C=C(O)c1cccc([N+](=O)[O-])c1. The van der Waals surface area contributed by atoms with Crippen LogP contribution >= 0.6 is 0 Å². The van der Waals surface area contributed by atoms with Gasteiger partial charge >= 0.3 is 5.97 Å².